The second-order valence-corrected chi connectivity index (χ2v) is 9.24. The number of aliphatic hydroxyl groups is 3. The van der Waals surface area contributed by atoms with Crippen LogP contribution in [0.2, 0.25) is 5.02 Å². The van der Waals surface area contributed by atoms with Crippen molar-refractivity contribution in [2.75, 3.05) is 26.8 Å². The number of halogens is 1. The third-order valence-corrected chi connectivity index (χ3v) is 6.31. The molecule has 0 radical (unpaired) electrons. The molecule has 1 amide bonds. The molecule has 1 aliphatic rings. The van der Waals surface area contributed by atoms with E-state index in [0.717, 1.165) is 0 Å². The van der Waals surface area contributed by atoms with Gasteiger partial charge < -0.3 is 29.8 Å². The number of rotatable bonds is 15. The van der Waals surface area contributed by atoms with E-state index in [9.17, 15) is 30.2 Å². The SMILES string of the molecule is CN(CCO[N+](=O)[O-])C(=O)CCC/C=C\C[C@@H]1[C@@H](/C=C/[C@@H](O)COc2cccc(Cl)c2)[C@H](O)C[C@@H]1O. The van der Waals surface area contributed by atoms with Gasteiger partial charge in [-0.2, -0.15) is 0 Å². The average Bonchev–Trinajstić information content (AvgIpc) is 3.09. The minimum Gasteiger partial charge on any atom is -0.491 e. The Hall–Kier alpha value is -2.66. The number of carbonyl (C=O) groups is 1. The van der Waals surface area contributed by atoms with E-state index in [2.05, 4.69) is 4.84 Å². The molecule has 0 bridgehead atoms. The van der Waals surface area contributed by atoms with Crippen LogP contribution in [0.15, 0.2) is 48.6 Å². The van der Waals surface area contributed by atoms with Gasteiger partial charge in [0.25, 0.3) is 5.09 Å². The summed E-state index contributed by atoms with van der Waals surface area (Å²) < 4.78 is 5.53. The fraction of sp³-hybridized carbons (Fsp3) is 0.560. The van der Waals surface area contributed by atoms with Crippen LogP contribution in [0.5, 0.6) is 5.75 Å². The highest BCUT2D eigenvalue weighted by Gasteiger charge is 2.39. The van der Waals surface area contributed by atoms with Crippen LogP contribution < -0.4 is 4.74 Å². The highest BCUT2D eigenvalue weighted by atomic mass is 35.5. The van der Waals surface area contributed by atoms with Crippen molar-refractivity contribution in [3.05, 3.63) is 63.7 Å². The van der Waals surface area contributed by atoms with Crippen LogP contribution in [0.1, 0.15) is 32.1 Å². The topological polar surface area (TPSA) is 143 Å². The van der Waals surface area contributed by atoms with Crippen molar-refractivity contribution in [1.82, 2.24) is 4.90 Å². The first-order valence-electron chi connectivity index (χ1n) is 11.9. The second-order valence-electron chi connectivity index (χ2n) is 8.80. The number of amides is 1. The summed E-state index contributed by atoms with van der Waals surface area (Å²) in [7, 11) is 1.57. The van der Waals surface area contributed by atoms with Gasteiger partial charge in [0.15, 0.2) is 0 Å². The van der Waals surface area contributed by atoms with Gasteiger partial charge in [-0.1, -0.05) is 42.0 Å². The molecule has 1 saturated carbocycles. The van der Waals surface area contributed by atoms with E-state index < -0.39 is 23.4 Å². The maximum atomic E-state index is 12.0. The highest BCUT2D eigenvalue weighted by Crippen LogP contribution is 2.36. The minimum absolute atomic E-state index is 0.0312. The molecule has 0 aromatic heterocycles. The predicted molar refractivity (Wildman–Crippen MR) is 134 cm³/mol. The van der Waals surface area contributed by atoms with E-state index in [0.29, 0.717) is 36.5 Å². The van der Waals surface area contributed by atoms with Crippen molar-refractivity contribution in [3.8, 4) is 5.75 Å². The summed E-state index contributed by atoms with van der Waals surface area (Å²) in [5.74, 6) is -0.0655. The molecule has 0 heterocycles. The number of allylic oxidation sites excluding steroid dienone is 2. The molecule has 11 heteroatoms. The van der Waals surface area contributed by atoms with Gasteiger partial charge in [0.2, 0.25) is 5.91 Å². The molecule has 1 aromatic rings. The lowest BCUT2D eigenvalue weighted by molar-refractivity contribution is -0.757. The van der Waals surface area contributed by atoms with Gasteiger partial charge in [-0.15, -0.1) is 10.1 Å². The maximum Gasteiger partial charge on any atom is 0.294 e. The summed E-state index contributed by atoms with van der Waals surface area (Å²) >= 11 is 5.92. The first-order chi connectivity index (χ1) is 17.2. The van der Waals surface area contributed by atoms with Crippen molar-refractivity contribution in [2.24, 2.45) is 11.8 Å². The van der Waals surface area contributed by atoms with E-state index in [4.69, 9.17) is 16.3 Å². The van der Waals surface area contributed by atoms with Crippen LogP contribution in [-0.2, 0) is 9.63 Å². The summed E-state index contributed by atoms with van der Waals surface area (Å²) in [6, 6.07) is 6.87. The summed E-state index contributed by atoms with van der Waals surface area (Å²) in [5.41, 5.74) is 0. The molecule has 0 unspecified atom stereocenters. The zero-order chi connectivity index (χ0) is 26.5. The van der Waals surface area contributed by atoms with Crippen molar-refractivity contribution in [2.45, 2.75) is 50.4 Å². The predicted octanol–water partition coefficient (Wildman–Crippen LogP) is 2.78. The number of likely N-dealkylation sites (N-methyl/N-ethyl adjacent to an activating group) is 1. The Morgan fingerprint density at radius 2 is 2.11 bits per heavy atom. The lowest BCUT2D eigenvalue weighted by Crippen LogP contribution is -2.30. The molecular weight excluding hydrogens is 492 g/mol. The number of aliphatic hydroxyl groups excluding tert-OH is 3. The number of hydrogen-bond acceptors (Lipinski definition) is 8. The van der Waals surface area contributed by atoms with Gasteiger partial charge in [0, 0.05) is 37.4 Å². The van der Waals surface area contributed by atoms with E-state index in [1.165, 1.54) is 4.90 Å². The molecule has 200 valence electrons. The molecule has 0 saturated heterocycles. The zero-order valence-electron chi connectivity index (χ0n) is 20.3. The Kier molecular flexibility index (Phi) is 12.7. The number of nitrogens with zero attached hydrogens (tertiary/aromatic N) is 2. The van der Waals surface area contributed by atoms with Crippen molar-refractivity contribution in [3.63, 3.8) is 0 Å². The third-order valence-electron chi connectivity index (χ3n) is 6.07. The molecule has 1 aliphatic carbocycles. The van der Waals surface area contributed by atoms with E-state index >= 15 is 0 Å². The second kappa shape index (κ2) is 15.5. The highest BCUT2D eigenvalue weighted by molar-refractivity contribution is 6.30. The summed E-state index contributed by atoms with van der Waals surface area (Å²) in [6.07, 6.45) is 7.35. The van der Waals surface area contributed by atoms with E-state index in [1.807, 2.05) is 12.2 Å². The largest absolute Gasteiger partial charge is 0.491 e. The smallest absolute Gasteiger partial charge is 0.294 e. The van der Waals surface area contributed by atoms with Crippen molar-refractivity contribution in [1.29, 1.82) is 0 Å². The maximum absolute atomic E-state index is 12.0. The fourth-order valence-electron chi connectivity index (χ4n) is 4.07. The molecule has 5 atom stereocenters. The van der Waals surface area contributed by atoms with Crippen LogP contribution in [0.4, 0.5) is 0 Å². The Morgan fingerprint density at radius 1 is 1.33 bits per heavy atom. The number of hydrogen-bond donors (Lipinski definition) is 3. The molecule has 1 fully saturated rings. The Labute approximate surface area is 215 Å². The Bertz CT molecular complexity index is 897. The number of ether oxygens (including phenoxy) is 1. The first kappa shape index (κ1) is 29.6. The molecule has 36 heavy (non-hydrogen) atoms. The molecule has 3 N–H and O–H groups in total. The van der Waals surface area contributed by atoms with Crippen molar-refractivity contribution >= 4 is 17.5 Å². The van der Waals surface area contributed by atoms with Crippen molar-refractivity contribution < 1.29 is 34.8 Å². The normalized spacial score (nSPS) is 22.7. The van der Waals surface area contributed by atoms with Gasteiger partial charge in [-0.3, -0.25) is 4.79 Å². The summed E-state index contributed by atoms with van der Waals surface area (Å²) in [6.45, 7) is 0.0175. The van der Waals surface area contributed by atoms with Crippen LogP contribution in [0.3, 0.4) is 0 Å². The average molecular weight is 527 g/mol. The summed E-state index contributed by atoms with van der Waals surface area (Å²) in [4.78, 5) is 27.8. The zero-order valence-corrected chi connectivity index (χ0v) is 21.1. The van der Waals surface area contributed by atoms with E-state index in [1.54, 1.807) is 43.5 Å². The Balaban J connectivity index is 1.73. The van der Waals surface area contributed by atoms with Gasteiger partial charge in [-0.05, 0) is 43.4 Å². The number of unbranched alkanes of at least 4 members (excludes halogenated alkanes) is 1. The molecular formula is C25H35ClN2O8. The third kappa shape index (κ3) is 10.5. The monoisotopic (exact) mass is 526 g/mol. The van der Waals surface area contributed by atoms with Gasteiger partial charge in [0.1, 0.15) is 25.1 Å². The molecule has 0 spiro atoms. The van der Waals surface area contributed by atoms with Crippen LogP contribution >= 0.6 is 11.6 Å². The number of benzene rings is 1. The van der Waals surface area contributed by atoms with Crippen LogP contribution in [0, 0.1) is 22.0 Å². The van der Waals surface area contributed by atoms with Gasteiger partial charge in [-0.25, -0.2) is 0 Å². The Morgan fingerprint density at radius 3 is 2.83 bits per heavy atom. The molecule has 2 rings (SSSR count). The first-order valence-corrected chi connectivity index (χ1v) is 12.3. The molecule has 1 aromatic carbocycles. The molecule has 0 aliphatic heterocycles. The minimum atomic E-state index is -0.886. The van der Waals surface area contributed by atoms with Gasteiger partial charge in [0.05, 0.1) is 12.2 Å². The number of carbonyl (C=O) groups excluding carboxylic acids is 1. The molecule has 10 nitrogen and oxygen atoms in total. The van der Waals surface area contributed by atoms with Crippen LogP contribution in [-0.4, -0.2) is 76.3 Å². The summed E-state index contributed by atoms with van der Waals surface area (Å²) in [5, 5.41) is 40.8. The quantitative estimate of drug-likeness (QED) is 0.137. The standard InChI is InChI=1S/C25H35ClN2O8/c1-27(13-14-36-28(33)34)25(32)10-5-3-2-4-9-21-22(24(31)16-23(21)30)12-11-19(29)17-35-20-8-6-7-18(26)15-20/h2,4,6-8,11-12,15,19,21-24,29-31H,3,5,9-10,13-14,16-17H2,1H3/b4-2-,12-11+/t19-,21-,22-,23+,24-/m1/s1. The lowest BCUT2D eigenvalue weighted by atomic mass is 9.89. The fourth-order valence-corrected chi connectivity index (χ4v) is 4.25. The lowest BCUT2D eigenvalue weighted by Gasteiger charge is -2.19. The van der Waals surface area contributed by atoms with Crippen LogP contribution in [0.25, 0.3) is 0 Å². The van der Waals surface area contributed by atoms with E-state index in [-0.39, 0.29) is 43.9 Å². The van der Waals surface area contributed by atoms with Gasteiger partial charge >= 0.3 is 0 Å².